The molecule has 1 saturated heterocycles. The Hall–Kier alpha value is -2.14. The summed E-state index contributed by atoms with van der Waals surface area (Å²) in [7, 11) is -4.31. The van der Waals surface area contributed by atoms with Gasteiger partial charge in [0.15, 0.2) is 17.5 Å². The number of hydrogen-bond donors (Lipinski definition) is 1. The second-order valence-electron chi connectivity index (χ2n) is 7.28. The molecule has 31 heavy (non-hydrogen) atoms. The van der Waals surface area contributed by atoms with Crippen LogP contribution in [0.3, 0.4) is 0 Å². The smallest absolute Gasteiger partial charge is 0.246 e. The molecule has 0 spiro atoms. The molecule has 0 unspecified atom stereocenters. The Morgan fingerprint density at radius 3 is 2.35 bits per heavy atom. The van der Waals surface area contributed by atoms with Crippen LogP contribution in [0.15, 0.2) is 51.8 Å². The Balaban J connectivity index is 1.52. The van der Waals surface area contributed by atoms with E-state index in [2.05, 4.69) is 15.9 Å². The molecule has 0 amide bonds. The molecule has 5 nitrogen and oxygen atoms in total. The van der Waals surface area contributed by atoms with Crippen LogP contribution in [-0.2, 0) is 16.6 Å². The molecule has 0 bridgehead atoms. The maximum Gasteiger partial charge on any atom is 0.246 e. The summed E-state index contributed by atoms with van der Waals surface area (Å²) in [6.45, 7) is 1.17. The number of nitrogens with zero attached hydrogens (tertiary/aromatic N) is 2. The van der Waals surface area contributed by atoms with E-state index in [0.29, 0.717) is 25.7 Å². The first-order valence-corrected chi connectivity index (χ1v) is 11.7. The van der Waals surface area contributed by atoms with Gasteiger partial charge in [-0.15, -0.1) is 0 Å². The standard InChI is InChI=1S/C21H18BrF3N2O3S/c22-14-2-3-15-13(11-14)1-5-18(28)16(15)12-26-7-9-27(10-8-26)31(29,30)19-6-4-17(23)20(24)21(19)25/h1-6,11,28H,7-10,12H2. The van der Waals surface area contributed by atoms with Gasteiger partial charge < -0.3 is 5.11 Å². The van der Waals surface area contributed by atoms with E-state index in [-0.39, 0.29) is 18.8 Å². The molecule has 1 heterocycles. The van der Waals surface area contributed by atoms with Gasteiger partial charge in [0.2, 0.25) is 10.0 Å². The number of aromatic hydroxyl groups is 1. The lowest BCUT2D eigenvalue weighted by Gasteiger charge is -2.34. The van der Waals surface area contributed by atoms with Crippen LogP contribution in [0, 0.1) is 17.5 Å². The number of benzene rings is 3. The van der Waals surface area contributed by atoms with Gasteiger partial charge in [0.25, 0.3) is 0 Å². The Morgan fingerprint density at radius 2 is 1.65 bits per heavy atom. The van der Waals surface area contributed by atoms with Gasteiger partial charge in [0.05, 0.1) is 0 Å². The minimum Gasteiger partial charge on any atom is -0.508 e. The van der Waals surface area contributed by atoms with Gasteiger partial charge >= 0.3 is 0 Å². The number of piperazine rings is 1. The summed E-state index contributed by atoms with van der Waals surface area (Å²) < 4.78 is 68.1. The van der Waals surface area contributed by atoms with E-state index in [4.69, 9.17) is 0 Å². The summed E-state index contributed by atoms with van der Waals surface area (Å²) >= 11 is 3.43. The summed E-state index contributed by atoms with van der Waals surface area (Å²) in [5.74, 6) is -4.82. The van der Waals surface area contributed by atoms with Crippen molar-refractivity contribution >= 4 is 36.7 Å². The van der Waals surface area contributed by atoms with E-state index in [9.17, 15) is 26.7 Å². The van der Waals surface area contributed by atoms with Crippen LogP contribution >= 0.6 is 15.9 Å². The third kappa shape index (κ3) is 4.17. The molecular formula is C21H18BrF3N2O3S. The van der Waals surface area contributed by atoms with Crippen molar-refractivity contribution in [3.63, 3.8) is 0 Å². The van der Waals surface area contributed by atoms with Crippen molar-refractivity contribution in [1.29, 1.82) is 0 Å². The lowest BCUT2D eigenvalue weighted by molar-refractivity contribution is 0.180. The molecule has 1 aliphatic rings. The molecular weight excluding hydrogens is 497 g/mol. The van der Waals surface area contributed by atoms with Gasteiger partial charge in [-0.2, -0.15) is 4.31 Å². The van der Waals surface area contributed by atoms with Crippen LogP contribution in [-0.4, -0.2) is 48.9 Å². The molecule has 3 aromatic rings. The Bertz CT molecular complexity index is 1260. The Morgan fingerprint density at radius 1 is 0.935 bits per heavy atom. The number of phenolic OH excluding ortho intramolecular Hbond substituents is 1. The van der Waals surface area contributed by atoms with Crippen molar-refractivity contribution in [2.75, 3.05) is 26.2 Å². The van der Waals surface area contributed by atoms with Crippen molar-refractivity contribution in [3.05, 3.63) is 70.0 Å². The van der Waals surface area contributed by atoms with Crippen molar-refractivity contribution in [3.8, 4) is 5.75 Å². The predicted molar refractivity (Wildman–Crippen MR) is 114 cm³/mol. The van der Waals surface area contributed by atoms with Crippen LogP contribution in [0.1, 0.15) is 5.56 Å². The molecule has 4 rings (SSSR count). The van der Waals surface area contributed by atoms with Crippen molar-refractivity contribution in [2.45, 2.75) is 11.4 Å². The van der Waals surface area contributed by atoms with Crippen molar-refractivity contribution in [1.82, 2.24) is 9.21 Å². The lowest BCUT2D eigenvalue weighted by atomic mass is 10.0. The van der Waals surface area contributed by atoms with E-state index < -0.39 is 32.4 Å². The fraction of sp³-hybridized carbons (Fsp3) is 0.238. The Kier molecular flexibility index (Phi) is 5.99. The highest BCUT2D eigenvalue weighted by Crippen LogP contribution is 2.31. The monoisotopic (exact) mass is 514 g/mol. The number of hydrogen-bond acceptors (Lipinski definition) is 4. The summed E-state index contributed by atoms with van der Waals surface area (Å²) in [5.41, 5.74) is 0.730. The molecule has 0 atom stereocenters. The van der Waals surface area contributed by atoms with Gasteiger partial charge in [-0.3, -0.25) is 4.90 Å². The van der Waals surface area contributed by atoms with Crippen LogP contribution < -0.4 is 0 Å². The maximum atomic E-state index is 14.0. The van der Waals surface area contributed by atoms with Crippen molar-refractivity contribution in [2.24, 2.45) is 0 Å². The number of sulfonamides is 1. The second-order valence-corrected chi connectivity index (χ2v) is 10.1. The second kappa shape index (κ2) is 8.42. The van der Waals surface area contributed by atoms with Gasteiger partial charge in [0, 0.05) is 42.8 Å². The number of rotatable bonds is 4. The van der Waals surface area contributed by atoms with E-state index in [1.807, 2.05) is 29.2 Å². The molecule has 3 aromatic carbocycles. The van der Waals surface area contributed by atoms with Crippen LogP contribution in [0.25, 0.3) is 10.8 Å². The summed E-state index contributed by atoms with van der Waals surface area (Å²) in [6.07, 6.45) is 0. The highest BCUT2D eigenvalue weighted by atomic mass is 79.9. The van der Waals surface area contributed by atoms with Crippen molar-refractivity contribution < 1.29 is 26.7 Å². The van der Waals surface area contributed by atoms with E-state index in [0.717, 1.165) is 31.2 Å². The fourth-order valence-electron chi connectivity index (χ4n) is 3.72. The third-order valence-corrected chi connectivity index (χ3v) is 7.81. The molecule has 10 heteroatoms. The first-order chi connectivity index (χ1) is 14.7. The quantitative estimate of drug-likeness (QED) is 0.529. The first-order valence-electron chi connectivity index (χ1n) is 9.44. The molecule has 0 radical (unpaired) electrons. The van der Waals surface area contributed by atoms with Gasteiger partial charge in [-0.25, -0.2) is 21.6 Å². The van der Waals surface area contributed by atoms with Crippen LogP contribution in [0.4, 0.5) is 13.2 Å². The summed E-state index contributed by atoms with van der Waals surface area (Å²) in [6, 6.07) is 10.5. The largest absolute Gasteiger partial charge is 0.508 e. The first kappa shape index (κ1) is 22.1. The van der Waals surface area contributed by atoms with E-state index >= 15 is 0 Å². The molecule has 0 aliphatic carbocycles. The average Bonchev–Trinajstić information content (AvgIpc) is 2.74. The predicted octanol–water partition coefficient (Wildman–Crippen LogP) is 4.23. The van der Waals surface area contributed by atoms with E-state index in [1.54, 1.807) is 6.07 Å². The van der Waals surface area contributed by atoms with Crippen LogP contribution in [0.5, 0.6) is 5.75 Å². The highest BCUT2D eigenvalue weighted by Gasteiger charge is 2.32. The zero-order chi connectivity index (χ0) is 22.3. The normalized spacial score (nSPS) is 16.1. The lowest BCUT2D eigenvalue weighted by Crippen LogP contribution is -2.48. The van der Waals surface area contributed by atoms with Gasteiger partial charge in [-0.1, -0.05) is 28.1 Å². The SMILES string of the molecule is O=S(=O)(c1ccc(F)c(F)c1F)N1CCN(Cc2c(O)ccc3cc(Br)ccc23)CC1. The number of fused-ring (bicyclic) bond motifs is 1. The number of halogens is 4. The molecule has 1 fully saturated rings. The molecule has 1 aliphatic heterocycles. The highest BCUT2D eigenvalue weighted by molar-refractivity contribution is 9.10. The minimum atomic E-state index is -4.31. The maximum absolute atomic E-state index is 14.0. The summed E-state index contributed by atoms with van der Waals surface area (Å²) in [5, 5.41) is 12.2. The number of phenols is 1. The average molecular weight is 515 g/mol. The third-order valence-electron chi connectivity index (χ3n) is 5.40. The molecule has 0 aromatic heterocycles. The zero-order valence-electron chi connectivity index (χ0n) is 16.2. The zero-order valence-corrected chi connectivity index (χ0v) is 18.6. The van der Waals surface area contributed by atoms with Gasteiger partial charge in [0.1, 0.15) is 10.6 Å². The molecule has 0 saturated carbocycles. The van der Waals surface area contributed by atoms with Gasteiger partial charge in [-0.05, 0) is 41.1 Å². The van der Waals surface area contributed by atoms with Crippen LogP contribution in [0.2, 0.25) is 0 Å². The van der Waals surface area contributed by atoms with E-state index in [1.165, 1.54) is 0 Å². The fourth-order valence-corrected chi connectivity index (χ4v) is 5.57. The Labute approximate surface area is 185 Å². The minimum absolute atomic E-state index is 0.0534. The summed E-state index contributed by atoms with van der Waals surface area (Å²) in [4.78, 5) is 1.10. The topological polar surface area (TPSA) is 60.9 Å². The molecule has 1 N–H and O–H groups in total. The molecule has 164 valence electrons.